The number of hydrogen-bond donors (Lipinski definition) is 2. The van der Waals surface area contributed by atoms with E-state index < -0.39 is 22.0 Å². The molecule has 2 rings (SSSR count). The fourth-order valence-corrected chi connectivity index (χ4v) is 3.79. The van der Waals surface area contributed by atoms with E-state index in [0.29, 0.717) is 5.75 Å². The predicted molar refractivity (Wildman–Crippen MR) is 88.7 cm³/mol. The van der Waals surface area contributed by atoms with Crippen LogP contribution in [0.2, 0.25) is 0 Å². The van der Waals surface area contributed by atoms with Crippen LogP contribution >= 0.6 is 11.8 Å². The maximum absolute atomic E-state index is 12.4. The molecule has 0 bridgehead atoms. The molecule has 0 amide bonds. The summed E-state index contributed by atoms with van der Waals surface area (Å²) in [6.45, 7) is 0. The SMILES string of the molecule is CSCC[C@@H](NS(=O)(=O)c1ccc2ccccc2c1)C(=O)O. The van der Waals surface area contributed by atoms with Gasteiger partial charge in [0.25, 0.3) is 0 Å². The largest absolute Gasteiger partial charge is 0.480 e. The van der Waals surface area contributed by atoms with Gasteiger partial charge in [-0.1, -0.05) is 30.3 Å². The van der Waals surface area contributed by atoms with Crippen LogP contribution in [0.25, 0.3) is 10.8 Å². The lowest BCUT2D eigenvalue weighted by Gasteiger charge is -2.14. The first-order valence-electron chi connectivity index (χ1n) is 6.67. The number of aliphatic carboxylic acids is 1. The van der Waals surface area contributed by atoms with Crippen LogP contribution in [0.4, 0.5) is 0 Å². The number of carboxylic acid groups (broad SMARTS) is 1. The lowest BCUT2D eigenvalue weighted by Crippen LogP contribution is -2.41. The summed E-state index contributed by atoms with van der Waals surface area (Å²) >= 11 is 1.47. The molecular weight excluding hydrogens is 322 g/mol. The van der Waals surface area contributed by atoms with Crippen molar-refractivity contribution in [3.05, 3.63) is 42.5 Å². The van der Waals surface area contributed by atoms with E-state index in [1.54, 1.807) is 12.1 Å². The molecule has 0 unspecified atom stereocenters. The van der Waals surface area contributed by atoms with Gasteiger partial charge < -0.3 is 5.11 Å². The number of carbonyl (C=O) groups is 1. The summed E-state index contributed by atoms with van der Waals surface area (Å²) in [4.78, 5) is 11.3. The second kappa shape index (κ2) is 7.13. The van der Waals surface area contributed by atoms with Gasteiger partial charge in [-0.25, -0.2) is 8.42 Å². The van der Waals surface area contributed by atoms with Crippen molar-refractivity contribution in [1.29, 1.82) is 0 Å². The fourth-order valence-electron chi connectivity index (χ4n) is 2.06. The first-order valence-corrected chi connectivity index (χ1v) is 9.54. The molecule has 0 radical (unpaired) electrons. The maximum atomic E-state index is 12.4. The van der Waals surface area contributed by atoms with E-state index in [-0.39, 0.29) is 11.3 Å². The number of thioether (sulfide) groups is 1. The van der Waals surface area contributed by atoms with Crippen LogP contribution in [0, 0.1) is 0 Å². The van der Waals surface area contributed by atoms with Crippen molar-refractivity contribution in [2.45, 2.75) is 17.4 Å². The Morgan fingerprint density at radius 1 is 1.23 bits per heavy atom. The molecule has 0 aliphatic heterocycles. The minimum absolute atomic E-state index is 0.0709. The monoisotopic (exact) mass is 339 g/mol. The Morgan fingerprint density at radius 3 is 2.55 bits per heavy atom. The summed E-state index contributed by atoms with van der Waals surface area (Å²) in [5, 5.41) is 10.9. The highest BCUT2D eigenvalue weighted by atomic mass is 32.2. The molecule has 2 aromatic carbocycles. The molecule has 118 valence electrons. The summed E-state index contributed by atoms with van der Waals surface area (Å²) in [7, 11) is -3.87. The topological polar surface area (TPSA) is 83.5 Å². The number of sulfonamides is 1. The number of fused-ring (bicyclic) bond motifs is 1. The molecule has 0 fully saturated rings. The lowest BCUT2D eigenvalue weighted by atomic mass is 10.1. The third kappa shape index (κ3) is 4.00. The van der Waals surface area contributed by atoms with Crippen LogP contribution in [0.5, 0.6) is 0 Å². The second-order valence-corrected chi connectivity index (χ2v) is 7.50. The standard InChI is InChI=1S/C15H17NO4S2/c1-21-9-8-14(15(17)18)16-22(19,20)13-7-6-11-4-2-3-5-12(11)10-13/h2-7,10,14,16H,8-9H2,1H3,(H,17,18)/t14-/m1/s1. The van der Waals surface area contributed by atoms with E-state index in [1.807, 2.05) is 30.5 Å². The molecule has 0 heterocycles. The van der Waals surface area contributed by atoms with E-state index in [0.717, 1.165) is 10.8 Å². The zero-order valence-electron chi connectivity index (χ0n) is 12.0. The normalized spacial score (nSPS) is 13.1. The average Bonchev–Trinajstić information content (AvgIpc) is 2.50. The zero-order valence-corrected chi connectivity index (χ0v) is 13.7. The van der Waals surface area contributed by atoms with Crippen LogP contribution in [0.3, 0.4) is 0 Å². The van der Waals surface area contributed by atoms with Gasteiger partial charge in [-0.3, -0.25) is 4.79 Å². The second-order valence-electron chi connectivity index (χ2n) is 4.80. The van der Waals surface area contributed by atoms with Gasteiger partial charge >= 0.3 is 5.97 Å². The maximum Gasteiger partial charge on any atom is 0.321 e. The van der Waals surface area contributed by atoms with Crippen molar-refractivity contribution in [2.75, 3.05) is 12.0 Å². The Bertz CT molecular complexity index is 774. The van der Waals surface area contributed by atoms with Crippen molar-refractivity contribution in [1.82, 2.24) is 4.72 Å². The Morgan fingerprint density at radius 2 is 1.91 bits per heavy atom. The van der Waals surface area contributed by atoms with Crippen LogP contribution in [0.1, 0.15) is 6.42 Å². The van der Waals surface area contributed by atoms with Crippen molar-refractivity contribution < 1.29 is 18.3 Å². The van der Waals surface area contributed by atoms with Crippen LogP contribution < -0.4 is 4.72 Å². The van der Waals surface area contributed by atoms with Gasteiger partial charge in [0.1, 0.15) is 6.04 Å². The number of rotatable bonds is 7. The molecule has 5 nitrogen and oxygen atoms in total. The summed E-state index contributed by atoms with van der Waals surface area (Å²) in [6, 6.07) is 11.0. The Hall–Kier alpha value is -1.57. The van der Waals surface area contributed by atoms with E-state index in [2.05, 4.69) is 4.72 Å². The molecular formula is C15H17NO4S2. The van der Waals surface area contributed by atoms with Gasteiger partial charge in [-0.05, 0) is 41.3 Å². The lowest BCUT2D eigenvalue weighted by molar-refractivity contribution is -0.139. The Labute approximate surface area is 133 Å². The summed E-state index contributed by atoms with van der Waals surface area (Å²) in [5.41, 5.74) is 0. The van der Waals surface area contributed by atoms with Crippen molar-refractivity contribution in [3.63, 3.8) is 0 Å². The van der Waals surface area contributed by atoms with Gasteiger partial charge in [-0.15, -0.1) is 0 Å². The van der Waals surface area contributed by atoms with E-state index in [4.69, 9.17) is 5.11 Å². The van der Waals surface area contributed by atoms with Crippen LogP contribution in [-0.4, -0.2) is 37.5 Å². The zero-order chi connectivity index (χ0) is 16.2. The molecule has 0 aliphatic rings. The molecule has 0 aromatic heterocycles. The number of hydrogen-bond acceptors (Lipinski definition) is 4. The molecule has 1 atom stereocenters. The number of benzene rings is 2. The van der Waals surface area contributed by atoms with Gasteiger partial charge in [0.05, 0.1) is 4.90 Å². The van der Waals surface area contributed by atoms with E-state index >= 15 is 0 Å². The van der Waals surface area contributed by atoms with Gasteiger partial charge in [0.2, 0.25) is 10.0 Å². The number of nitrogens with one attached hydrogen (secondary N) is 1. The highest BCUT2D eigenvalue weighted by Crippen LogP contribution is 2.19. The summed E-state index contributed by atoms with van der Waals surface area (Å²) in [5.74, 6) is -0.601. The molecule has 7 heteroatoms. The summed E-state index contributed by atoms with van der Waals surface area (Å²) < 4.78 is 27.0. The van der Waals surface area contributed by atoms with Crippen LogP contribution in [-0.2, 0) is 14.8 Å². The highest BCUT2D eigenvalue weighted by Gasteiger charge is 2.25. The van der Waals surface area contributed by atoms with Gasteiger partial charge in [0.15, 0.2) is 0 Å². The quantitative estimate of drug-likeness (QED) is 0.809. The molecule has 0 saturated carbocycles. The van der Waals surface area contributed by atoms with Crippen molar-refractivity contribution >= 4 is 38.5 Å². The Kier molecular flexibility index (Phi) is 5.44. The minimum atomic E-state index is -3.87. The average molecular weight is 339 g/mol. The Balaban J connectivity index is 2.28. The van der Waals surface area contributed by atoms with E-state index in [1.165, 1.54) is 17.8 Å². The molecule has 22 heavy (non-hydrogen) atoms. The van der Waals surface area contributed by atoms with Gasteiger partial charge in [-0.2, -0.15) is 16.5 Å². The molecule has 2 N–H and O–H groups in total. The third-order valence-electron chi connectivity index (χ3n) is 3.24. The first-order chi connectivity index (χ1) is 10.4. The predicted octanol–water partition coefficient (Wildman–Crippen LogP) is 2.32. The summed E-state index contributed by atoms with van der Waals surface area (Å²) in [6.07, 6.45) is 2.08. The third-order valence-corrected chi connectivity index (χ3v) is 5.35. The molecule has 0 spiro atoms. The smallest absolute Gasteiger partial charge is 0.321 e. The molecule has 0 aliphatic carbocycles. The van der Waals surface area contributed by atoms with E-state index in [9.17, 15) is 13.2 Å². The molecule has 2 aromatic rings. The van der Waals surface area contributed by atoms with Gasteiger partial charge in [0, 0.05) is 0 Å². The van der Waals surface area contributed by atoms with Crippen molar-refractivity contribution in [3.8, 4) is 0 Å². The first kappa shape index (κ1) is 16.8. The molecule has 0 saturated heterocycles. The van der Waals surface area contributed by atoms with Crippen molar-refractivity contribution in [2.24, 2.45) is 0 Å². The van der Waals surface area contributed by atoms with Crippen LogP contribution in [0.15, 0.2) is 47.4 Å². The fraction of sp³-hybridized carbons (Fsp3) is 0.267. The highest BCUT2D eigenvalue weighted by molar-refractivity contribution is 7.98. The number of carboxylic acids is 1. The minimum Gasteiger partial charge on any atom is -0.480 e.